The minimum Gasteiger partial charge on any atom is -0.348 e. The number of carbonyl (C=O) groups excluding carboxylic acids is 1. The van der Waals surface area contributed by atoms with E-state index in [0.717, 1.165) is 60.6 Å². The van der Waals surface area contributed by atoms with Gasteiger partial charge in [0.1, 0.15) is 11.4 Å². The molecule has 0 spiro atoms. The van der Waals surface area contributed by atoms with Crippen molar-refractivity contribution in [3.8, 4) is 22.8 Å². The van der Waals surface area contributed by atoms with Crippen molar-refractivity contribution in [3.63, 3.8) is 0 Å². The SMILES string of the molecule is CCN(CC)C(=O)[C@@H]1CCCN(C(=S)Nc2ccc3nc(-c4ccccn4)c(-c4ccccn4)nc3c2)C1. The summed E-state index contributed by atoms with van der Waals surface area (Å²) < 4.78 is 0. The number of carbonyl (C=O) groups is 1. The molecule has 194 valence electrons. The van der Waals surface area contributed by atoms with E-state index < -0.39 is 0 Å². The number of pyridine rings is 2. The summed E-state index contributed by atoms with van der Waals surface area (Å²) in [5.74, 6) is 0.186. The van der Waals surface area contributed by atoms with Crippen LogP contribution in [0.1, 0.15) is 26.7 Å². The zero-order valence-corrected chi connectivity index (χ0v) is 22.5. The van der Waals surface area contributed by atoms with E-state index >= 15 is 0 Å². The van der Waals surface area contributed by atoms with Crippen molar-refractivity contribution >= 4 is 40.0 Å². The van der Waals surface area contributed by atoms with Crippen molar-refractivity contribution in [2.75, 3.05) is 31.5 Å². The van der Waals surface area contributed by atoms with Crippen LogP contribution in [0.4, 0.5) is 5.69 Å². The number of hydrogen-bond donors (Lipinski definition) is 1. The van der Waals surface area contributed by atoms with Gasteiger partial charge in [-0.25, -0.2) is 9.97 Å². The Balaban J connectivity index is 1.40. The molecule has 3 aromatic heterocycles. The Hall–Kier alpha value is -3.98. The minimum absolute atomic E-state index is 0.0307. The number of benzene rings is 1. The lowest BCUT2D eigenvalue weighted by atomic mass is 9.96. The molecule has 1 fully saturated rings. The Morgan fingerprint density at radius 1 is 0.974 bits per heavy atom. The molecule has 1 amide bonds. The molecule has 8 nitrogen and oxygen atoms in total. The van der Waals surface area contributed by atoms with Gasteiger partial charge in [-0.1, -0.05) is 12.1 Å². The molecule has 0 unspecified atom stereocenters. The Kier molecular flexibility index (Phi) is 7.83. The molecule has 0 saturated carbocycles. The lowest BCUT2D eigenvalue weighted by Crippen LogP contribution is -2.47. The van der Waals surface area contributed by atoms with Gasteiger partial charge in [0.2, 0.25) is 5.91 Å². The fraction of sp³-hybridized carbons (Fsp3) is 0.310. The van der Waals surface area contributed by atoms with Gasteiger partial charge < -0.3 is 15.1 Å². The van der Waals surface area contributed by atoms with Crippen molar-refractivity contribution in [2.45, 2.75) is 26.7 Å². The molecule has 1 aliphatic rings. The molecular weight excluding hydrogens is 494 g/mol. The van der Waals surface area contributed by atoms with E-state index in [1.807, 2.05) is 73.3 Å². The third-order valence-electron chi connectivity index (χ3n) is 6.86. The largest absolute Gasteiger partial charge is 0.348 e. The van der Waals surface area contributed by atoms with Gasteiger partial charge in [0.25, 0.3) is 0 Å². The monoisotopic (exact) mass is 525 g/mol. The van der Waals surface area contributed by atoms with Crippen LogP contribution in [0.15, 0.2) is 67.0 Å². The topological polar surface area (TPSA) is 87.1 Å². The lowest BCUT2D eigenvalue weighted by Gasteiger charge is -2.36. The minimum atomic E-state index is -0.0307. The normalized spacial score (nSPS) is 15.3. The highest BCUT2D eigenvalue weighted by molar-refractivity contribution is 7.80. The summed E-state index contributed by atoms with van der Waals surface area (Å²) in [7, 11) is 0. The van der Waals surface area contributed by atoms with Crippen LogP contribution in [-0.4, -0.2) is 66.9 Å². The molecule has 1 N–H and O–H groups in total. The van der Waals surface area contributed by atoms with Gasteiger partial charge in [-0.3, -0.25) is 14.8 Å². The van der Waals surface area contributed by atoms with Crippen molar-refractivity contribution in [1.29, 1.82) is 0 Å². The summed E-state index contributed by atoms with van der Waals surface area (Å²) in [4.78, 5) is 35.8. The number of hydrogen-bond acceptors (Lipinski definition) is 6. The van der Waals surface area contributed by atoms with Crippen molar-refractivity contribution in [3.05, 3.63) is 67.0 Å². The molecule has 4 aromatic rings. The van der Waals surface area contributed by atoms with Crippen LogP contribution in [0.25, 0.3) is 33.8 Å². The maximum Gasteiger partial charge on any atom is 0.227 e. The number of likely N-dealkylation sites (tertiary alicyclic amines) is 1. The molecular formula is C29H31N7OS. The smallest absolute Gasteiger partial charge is 0.227 e. The quantitative estimate of drug-likeness (QED) is 0.351. The summed E-state index contributed by atoms with van der Waals surface area (Å²) in [5, 5.41) is 3.98. The van der Waals surface area contributed by atoms with E-state index in [1.165, 1.54) is 0 Å². The molecule has 9 heteroatoms. The number of rotatable bonds is 6. The average molecular weight is 526 g/mol. The molecule has 1 aliphatic heterocycles. The number of amides is 1. The Morgan fingerprint density at radius 2 is 1.63 bits per heavy atom. The van der Waals surface area contributed by atoms with Gasteiger partial charge in [0.05, 0.1) is 28.3 Å². The summed E-state index contributed by atoms with van der Waals surface area (Å²) in [5.41, 5.74) is 5.14. The second-order valence-corrected chi connectivity index (χ2v) is 9.67. The first-order valence-corrected chi connectivity index (χ1v) is 13.5. The van der Waals surface area contributed by atoms with Crippen molar-refractivity contribution in [1.82, 2.24) is 29.7 Å². The lowest BCUT2D eigenvalue weighted by molar-refractivity contribution is -0.136. The number of fused-ring (bicyclic) bond motifs is 1. The predicted molar refractivity (Wildman–Crippen MR) is 154 cm³/mol. The summed E-state index contributed by atoms with van der Waals surface area (Å²) in [6.07, 6.45) is 5.33. The number of thiocarbonyl (C=S) groups is 1. The van der Waals surface area contributed by atoms with Gasteiger partial charge >= 0.3 is 0 Å². The Morgan fingerprint density at radius 3 is 2.24 bits per heavy atom. The average Bonchev–Trinajstić information content (AvgIpc) is 2.98. The second kappa shape index (κ2) is 11.6. The number of nitrogens with zero attached hydrogens (tertiary/aromatic N) is 6. The van der Waals surface area contributed by atoms with Gasteiger partial charge in [-0.05, 0) is 81.4 Å². The van der Waals surface area contributed by atoms with Crippen LogP contribution in [0, 0.1) is 5.92 Å². The van der Waals surface area contributed by atoms with Gasteiger partial charge in [-0.2, -0.15) is 0 Å². The van der Waals surface area contributed by atoms with Crippen LogP contribution in [0.5, 0.6) is 0 Å². The van der Waals surface area contributed by atoms with E-state index in [2.05, 4.69) is 20.2 Å². The maximum absolute atomic E-state index is 12.9. The van der Waals surface area contributed by atoms with Crippen LogP contribution in [0.3, 0.4) is 0 Å². The Labute approximate surface area is 228 Å². The first-order chi connectivity index (χ1) is 18.6. The predicted octanol–water partition coefficient (Wildman–Crippen LogP) is 5.03. The number of aromatic nitrogens is 4. The first-order valence-electron chi connectivity index (χ1n) is 13.1. The van der Waals surface area contributed by atoms with E-state index in [0.29, 0.717) is 23.0 Å². The fourth-order valence-corrected chi connectivity index (χ4v) is 5.14. The van der Waals surface area contributed by atoms with E-state index in [9.17, 15) is 4.79 Å². The second-order valence-electron chi connectivity index (χ2n) is 9.28. The highest BCUT2D eigenvalue weighted by Crippen LogP contribution is 2.30. The fourth-order valence-electron chi connectivity index (χ4n) is 4.85. The standard InChI is InChI=1S/C29H31N7OS/c1-3-35(4-2)28(37)20-10-9-17-36(19-20)29(38)32-21-13-14-22-25(18-21)34-27(24-12-6-8-16-31-24)26(33-22)23-11-5-7-15-30-23/h5-8,11-16,18,20H,3-4,9-10,17,19H2,1-2H3,(H,32,38)/t20-/m1/s1. The number of anilines is 1. The molecule has 1 atom stereocenters. The summed E-state index contributed by atoms with van der Waals surface area (Å²) in [6, 6.07) is 17.3. The van der Waals surface area contributed by atoms with E-state index in [1.54, 1.807) is 12.4 Å². The summed E-state index contributed by atoms with van der Waals surface area (Å²) >= 11 is 5.76. The van der Waals surface area contributed by atoms with E-state index in [4.69, 9.17) is 22.2 Å². The van der Waals surface area contributed by atoms with Crippen molar-refractivity contribution in [2.24, 2.45) is 5.92 Å². The highest BCUT2D eigenvalue weighted by Gasteiger charge is 2.29. The molecule has 0 radical (unpaired) electrons. The molecule has 1 aromatic carbocycles. The molecule has 0 aliphatic carbocycles. The van der Waals surface area contributed by atoms with Gasteiger partial charge in [0.15, 0.2) is 5.11 Å². The molecule has 0 bridgehead atoms. The van der Waals surface area contributed by atoms with Crippen LogP contribution < -0.4 is 5.32 Å². The number of nitrogens with one attached hydrogen (secondary N) is 1. The van der Waals surface area contributed by atoms with Gasteiger partial charge in [0, 0.05) is 44.3 Å². The number of piperidine rings is 1. The molecule has 5 rings (SSSR count). The molecule has 38 heavy (non-hydrogen) atoms. The van der Waals surface area contributed by atoms with Crippen LogP contribution in [-0.2, 0) is 4.79 Å². The summed E-state index contributed by atoms with van der Waals surface area (Å²) in [6.45, 7) is 6.97. The third-order valence-corrected chi connectivity index (χ3v) is 7.22. The van der Waals surface area contributed by atoms with Crippen molar-refractivity contribution < 1.29 is 4.79 Å². The maximum atomic E-state index is 12.9. The third kappa shape index (κ3) is 5.47. The molecule has 4 heterocycles. The van der Waals surface area contributed by atoms with Gasteiger partial charge in [-0.15, -0.1) is 0 Å². The molecule has 1 saturated heterocycles. The van der Waals surface area contributed by atoms with Crippen LogP contribution >= 0.6 is 12.2 Å². The highest BCUT2D eigenvalue weighted by atomic mass is 32.1. The zero-order valence-electron chi connectivity index (χ0n) is 21.7. The first kappa shape index (κ1) is 25.7. The van der Waals surface area contributed by atoms with Crippen LogP contribution in [0.2, 0.25) is 0 Å². The van der Waals surface area contributed by atoms with E-state index in [-0.39, 0.29) is 11.8 Å². The zero-order chi connectivity index (χ0) is 26.5. The Bertz CT molecular complexity index is 1430.